The van der Waals surface area contributed by atoms with Crippen molar-refractivity contribution in [1.29, 1.82) is 5.26 Å². The molecule has 1 fully saturated rings. The first-order valence-electron chi connectivity index (χ1n) is 6.38. The maximum atomic E-state index is 8.85. The SMILES string of the molecule is CC(C)(C#N)CCCNCCC1CCCO1. The predicted molar refractivity (Wildman–Crippen MR) is 65.1 cm³/mol. The van der Waals surface area contributed by atoms with Crippen molar-refractivity contribution in [3.63, 3.8) is 0 Å². The van der Waals surface area contributed by atoms with E-state index < -0.39 is 0 Å². The van der Waals surface area contributed by atoms with Gasteiger partial charge in [0, 0.05) is 6.61 Å². The molecular weight excluding hydrogens is 200 g/mol. The Bertz CT molecular complexity index is 227. The minimum atomic E-state index is -0.170. The molecule has 3 nitrogen and oxygen atoms in total. The molecule has 1 N–H and O–H groups in total. The van der Waals surface area contributed by atoms with Crippen molar-refractivity contribution in [2.75, 3.05) is 19.7 Å². The lowest BCUT2D eigenvalue weighted by Crippen LogP contribution is -2.22. The van der Waals surface area contributed by atoms with E-state index in [1.165, 1.54) is 12.8 Å². The summed E-state index contributed by atoms with van der Waals surface area (Å²) < 4.78 is 5.55. The zero-order chi connectivity index (χ0) is 11.9. The molecule has 1 aliphatic heterocycles. The summed E-state index contributed by atoms with van der Waals surface area (Å²) in [6.07, 6.45) is 6.11. The molecule has 0 radical (unpaired) electrons. The molecule has 16 heavy (non-hydrogen) atoms. The number of nitriles is 1. The highest BCUT2D eigenvalue weighted by atomic mass is 16.5. The van der Waals surface area contributed by atoms with Crippen LogP contribution in [0.2, 0.25) is 0 Å². The van der Waals surface area contributed by atoms with Crippen LogP contribution in [0.4, 0.5) is 0 Å². The van der Waals surface area contributed by atoms with Crippen LogP contribution in [-0.4, -0.2) is 25.8 Å². The largest absolute Gasteiger partial charge is 0.378 e. The number of rotatable bonds is 7. The van der Waals surface area contributed by atoms with Crippen molar-refractivity contribution in [3.8, 4) is 6.07 Å². The Hall–Kier alpha value is -0.590. The average molecular weight is 224 g/mol. The molecule has 0 saturated carbocycles. The van der Waals surface area contributed by atoms with Gasteiger partial charge in [-0.1, -0.05) is 0 Å². The summed E-state index contributed by atoms with van der Waals surface area (Å²) in [5.74, 6) is 0. The van der Waals surface area contributed by atoms with Crippen LogP contribution in [0.25, 0.3) is 0 Å². The van der Waals surface area contributed by atoms with Gasteiger partial charge in [-0.05, 0) is 59.0 Å². The number of nitrogens with zero attached hydrogens (tertiary/aromatic N) is 1. The number of nitrogens with one attached hydrogen (secondary N) is 1. The molecule has 92 valence electrons. The topological polar surface area (TPSA) is 45.0 Å². The van der Waals surface area contributed by atoms with Crippen molar-refractivity contribution in [2.24, 2.45) is 5.41 Å². The molecule has 0 amide bonds. The van der Waals surface area contributed by atoms with Gasteiger partial charge in [0.1, 0.15) is 0 Å². The number of hydrogen-bond acceptors (Lipinski definition) is 3. The van der Waals surface area contributed by atoms with Gasteiger partial charge >= 0.3 is 0 Å². The van der Waals surface area contributed by atoms with E-state index in [0.29, 0.717) is 6.10 Å². The van der Waals surface area contributed by atoms with E-state index in [0.717, 1.165) is 39.0 Å². The Morgan fingerprint density at radius 3 is 2.88 bits per heavy atom. The fourth-order valence-corrected chi connectivity index (χ4v) is 1.97. The lowest BCUT2D eigenvalue weighted by atomic mass is 9.90. The highest BCUT2D eigenvalue weighted by molar-refractivity contribution is 4.91. The Kier molecular flexibility index (Phi) is 5.79. The van der Waals surface area contributed by atoms with E-state index >= 15 is 0 Å². The molecule has 1 saturated heterocycles. The Balaban J connectivity index is 1.90. The summed E-state index contributed by atoms with van der Waals surface area (Å²) >= 11 is 0. The van der Waals surface area contributed by atoms with Gasteiger partial charge in [0.25, 0.3) is 0 Å². The van der Waals surface area contributed by atoms with Gasteiger partial charge in [-0.3, -0.25) is 0 Å². The zero-order valence-corrected chi connectivity index (χ0v) is 10.6. The third-order valence-electron chi connectivity index (χ3n) is 3.13. The highest BCUT2D eigenvalue weighted by Crippen LogP contribution is 2.20. The first kappa shape index (κ1) is 13.5. The molecule has 0 aromatic heterocycles. The molecule has 1 unspecified atom stereocenters. The van der Waals surface area contributed by atoms with Gasteiger partial charge in [0.05, 0.1) is 17.6 Å². The van der Waals surface area contributed by atoms with Crippen molar-refractivity contribution >= 4 is 0 Å². The van der Waals surface area contributed by atoms with Crippen molar-refractivity contribution in [1.82, 2.24) is 5.32 Å². The smallest absolute Gasteiger partial charge is 0.0683 e. The van der Waals surface area contributed by atoms with Crippen LogP contribution in [-0.2, 0) is 4.74 Å². The van der Waals surface area contributed by atoms with Crippen LogP contribution in [0.15, 0.2) is 0 Å². The quantitative estimate of drug-likeness (QED) is 0.676. The van der Waals surface area contributed by atoms with Crippen molar-refractivity contribution < 1.29 is 4.74 Å². The Morgan fingerprint density at radius 2 is 2.25 bits per heavy atom. The molecule has 1 heterocycles. The van der Waals surface area contributed by atoms with Crippen LogP contribution in [0.5, 0.6) is 0 Å². The molecule has 1 rings (SSSR count). The Labute approximate surface area is 99.2 Å². The van der Waals surface area contributed by atoms with Crippen LogP contribution in [0.3, 0.4) is 0 Å². The fourth-order valence-electron chi connectivity index (χ4n) is 1.97. The predicted octanol–water partition coefficient (Wildman–Crippen LogP) is 2.48. The standard InChI is InChI=1S/C13H24N2O/c1-13(2,11-14)7-4-8-15-9-6-12-5-3-10-16-12/h12,15H,3-10H2,1-2H3. The summed E-state index contributed by atoms with van der Waals surface area (Å²) in [5, 5.41) is 12.3. The molecule has 0 aromatic carbocycles. The maximum absolute atomic E-state index is 8.85. The third kappa shape index (κ3) is 5.48. The summed E-state index contributed by atoms with van der Waals surface area (Å²) in [6.45, 7) is 7.00. The Morgan fingerprint density at radius 1 is 1.44 bits per heavy atom. The molecule has 1 atom stereocenters. The second-order valence-corrected chi connectivity index (χ2v) is 5.27. The summed E-state index contributed by atoms with van der Waals surface area (Å²) in [4.78, 5) is 0. The summed E-state index contributed by atoms with van der Waals surface area (Å²) in [5.41, 5.74) is -0.170. The van der Waals surface area contributed by atoms with E-state index in [4.69, 9.17) is 10.00 Å². The lowest BCUT2D eigenvalue weighted by Gasteiger charge is -2.15. The minimum absolute atomic E-state index is 0.170. The van der Waals surface area contributed by atoms with Gasteiger partial charge in [-0.2, -0.15) is 5.26 Å². The van der Waals surface area contributed by atoms with Crippen LogP contribution in [0, 0.1) is 16.7 Å². The van der Waals surface area contributed by atoms with E-state index in [-0.39, 0.29) is 5.41 Å². The van der Waals surface area contributed by atoms with Crippen LogP contribution >= 0.6 is 0 Å². The number of ether oxygens (including phenoxy) is 1. The van der Waals surface area contributed by atoms with Gasteiger partial charge < -0.3 is 10.1 Å². The van der Waals surface area contributed by atoms with Crippen molar-refractivity contribution in [3.05, 3.63) is 0 Å². The maximum Gasteiger partial charge on any atom is 0.0683 e. The van der Waals surface area contributed by atoms with Gasteiger partial charge in [-0.25, -0.2) is 0 Å². The summed E-state index contributed by atoms with van der Waals surface area (Å²) in [6, 6.07) is 2.33. The van der Waals surface area contributed by atoms with E-state index in [9.17, 15) is 0 Å². The normalized spacial score (nSPS) is 20.9. The van der Waals surface area contributed by atoms with Gasteiger partial charge in [-0.15, -0.1) is 0 Å². The first-order chi connectivity index (χ1) is 7.64. The lowest BCUT2D eigenvalue weighted by molar-refractivity contribution is 0.104. The monoisotopic (exact) mass is 224 g/mol. The molecular formula is C13H24N2O. The molecule has 0 spiro atoms. The fraction of sp³-hybridized carbons (Fsp3) is 0.923. The molecule has 1 aliphatic rings. The minimum Gasteiger partial charge on any atom is -0.378 e. The molecule has 3 heteroatoms. The first-order valence-corrected chi connectivity index (χ1v) is 6.38. The van der Waals surface area contributed by atoms with Crippen LogP contribution in [0.1, 0.15) is 46.0 Å². The van der Waals surface area contributed by atoms with E-state index in [1.54, 1.807) is 0 Å². The third-order valence-corrected chi connectivity index (χ3v) is 3.13. The van der Waals surface area contributed by atoms with Gasteiger partial charge in [0.15, 0.2) is 0 Å². The van der Waals surface area contributed by atoms with E-state index in [1.807, 2.05) is 13.8 Å². The molecule has 0 bridgehead atoms. The van der Waals surface area contributed by atoms with Gasteiger partial charge in [0.2, 0.25) is 0 Å². The highest BCUT2D eigenvalue weighted by Gasteiger charge is 2.16. The number of hydrogen-bond donors (Lipinski definition) is 1. The molecule has 0 aromatic rings. The second kappa shape index (κ2) is 6.88. The zero-order valence-electron chi connectivity index (χ0n) is 10.6. The second-order valence-electron chi connectivity index (χ2n) is 5.27. The molecule has 0 aliphatic carbocycles. The average Bonchev–Trinajstić information content (AvgIpc) is 2.76. The van der Waals surface area contributed by atoms with Crippen LogP contribution < -0.4 is 5.32 Å². The van der Waals surface area contributed by atoms with E-state index in [2.05, 4.69) is 11.4 Å². The summed E-state index contributed by atoms with van der Waals surface area (Å²) in [7, 11) is 0. The van der Waals surface area contributed by atoms with Crippen molar-refractivity contribution in [2.45, 2.75) is 52.1 Å².